The number of fused-ring (bicyclic) bond motifs is 3. The summed E-state index contributed by atoms with van der Waals surface area (Å²) < 4.78 is 41.1. The fourth-order valence-electron chi connectivity index (χ4n) is 3.56. The van der Waals surface area contributed by atoms with Gasteiger partial charge in [-0.25, -0.2) is 19.6 Å². The van der Waals surface area contributed by atoms with Gasteiger partial charge in [0.05, 0.1) is 0 Å². The molecule has 0 unspecified atom stereocenters. The van der Waals surface area contributed by atoms with Gasteiger partial charge in [-0.1, -0.05) is 25.5 Å². The number of hydrogen-bond donors (Lipinski definition) is 2. The zero-order valence-electron chi connectivity index (χ0n) is 20.3. The quantitative estimate of drug-likeness (QED) is 0.256. The fraction of sp³-hybridized carbons (Fsp3) is 0.250. The van der Waals surface area contributed by atoms with Crippen LogP contribution in [0.25, 0.3) is 27.9 Å². The molecule has 0 fully saturated rings. The predicted octanol–water partition coefficient (Wildman–Crippen LogP) is 4.60. The first-order valence-corrected chi connectivity index (χ1v) is 12.3. The summed E-state index contributed by atoms with van der Waals surface area (Å²) in [7, 11) is 0. The molecule has 0 saturated carbocycles. The number of carboxylic acids is 1. The first-order valence-electron chi connectivity index (χ1n) is 11.6. The lowest BCUT2D eigenvalue weighted by atomic mass is 10.1. The Balaban J connectivity index is 0.000000448. The number of aryl methyl sites for hydroxylation is 1. The highest BCUT2D eigenvalue weighted by atomic mass is 79.9. The van der Waals surface area contributed by atoms with Crippen molar-refractivity contribution in [1.82, 2.24) is 34.1 Å². The summed E-state index contributed by atoms with van der Waals surface area (Å²) in [5.74, 6) is -1.65. The molecule has 0 saturated heterocycles. The number of alkyl halides is 3. The molecule has 0 aliphatic heterocycles. The van der Waals surface area contributed by atoms with Gasteiger partial charge in [0.1, 0.15) is 17.9 Å². The molecule has 0 atom stereocenters. The lowest BCUT2D eigenvalue weighted by molar-refractivity contribution is -0.192. The maximum absolute atomic E-state index is 13.0. The Labute approximate surface area is 226 Å². The van der Waals surface area contributed by atoms with E-state index in [-0.39, 0.29) is 12.3 Å². The predicted molar refractivity (Wildman–Crippen MR) is 137 cm³/mol. The van der Waals surface area contributed by atoms with Crippen LogP contribution in [0.1, 0.15) is 25.6 Å². The molecule has 1 aromatic carbocycles. The molecular formula is C24H21BrF3N7O4. The first kappa shape index (κ1) is 27.8. The van der Waals surface area contributed by atoms with Crippen LogP contribution in [0.4, 0.5) is 13.2 Å². The number of benzene rings is 1. The number of ether oxygens (including phenoxy) is 1. The third kappa shape index (κ3) is 6.42. The van der Waals surface area contributed by atoms with Crippen LogP contribution < -0.4 is 10.4 Å². The van der Waals surface area contributed by atoms with E-state index in [1.165, 1.54) is 4.52 Å². The van der Waals surface area contributed by atoms with Gasteiger partial charge >= 0.3 is 17.8 Å². The van der Waals surface area contributed by atoms with Gasteiger partial charge < -0.3 is 14.8 Å². The monoisotopic (exact) mass is 607 g/mol. The number of carbonyl (C=O) groups is 1. The molecular weight excluding hydrogens is 587 g/mol. The highest BCUT2D eigenvalue weighted by molar-refractivity contribution is 9.10. The molecule has 0 amide bonds. The van der Waals surface area contributed by atoms with Gasteiger partial charge in [-0.15, -0.1) is 5.10 Å². The van der Waals surface area contributed by atoms with Crippen molar-refractivity contribution in [2.45, 2.75) is 39.1 Å². The molecule has 0 aliphatic rings. The van der Waals surface area contributed by atoms with E-state index in [0.717, 1.165) is 24.0 Å². The summed E-state index contributed by atoms with van der Waals surface area (Å²) in [6.07, 6.45) is 0.277. The number of H-pyrrole nitrogens is 1. The highest BCUT2D eigenvalue weighted by Crippen LogP contribution is 2.23. The van der Waals surface area contributed by atoms with E-state index in [1.807, 2.05) is 36.4 Å². The molecule has 39 heavy (non-hydrogen) atoms. The van der Waals surface area contributed by atoms with Crippen LogP contribution in [0, 0.1) is 0 Å². The smallest absolute Gasteiger partial charge is 0.486 e. The molecule has 15 heteroatoms. The second-order valence-corrected chi connectivity index (χ2v) is 8.88. The third-order valence-corrected chi connectivity index (χ3v) is 5.79. The minimum Gasteiger partial charge on any atom is -0.486 e. The Hall–Kier alpha value is -4.27. The topological polar surface area (TPSA) is 140 Å². The zero-order valence-corrected chi connectivity index (χ0v) is 21.9. The summed E-state index contributed by atoms with van der Waals surface area (Å²) in [6, 6.07) is 11.7. The van der Waals surface area contributed by atoms with Crippen LogP contribution in [0.5, 0.6) is 5.75 Å². The van der Waals surface area contributed by atoms with Gasteiger partial charge in [-0.05, 0) is 57.7 Å². The lowest BCUT2D eigenvalue weighted by Crippen LogP contribution is -2.28. The van der Waals surface area contributed by atoms with Crippen molar-refractivity contribution >= 4 is 38.7 Å². The van der Waals surface area contributed by atoms with Crippen molar-refractivity contribution in [3.8, 4) is 16.9 Å². The number of pyridine rings is 1. The second-order valence-electron chi connectivity index (χ2n) is 8.13. The summed E-state index contributed by atoms with van der Waals surface area (Å²) in [5, 5.41) is 11.5. The molecule has 204 valence electrons. The van der Waals surface area contributed by atoms with Crippen LogP contribution >= 0.6 is 15.9 Å². The first-order chi connectivity index (χ1) is 18.6. The number of nitrogens with one attached hydrogen (secondary N) is 1. The van der Waals surface area contributed by atoms with Gasteiger partial charge in [-0.3, -0.25) is 9.55 Å². The molecule has 0 radical (unpaired) electrons. The van der Waals surface area contributed by atoms with Gasteiger partial charge in [0.25, 0.3) is 0 Å². The van der Waals surface area contributed by atoms with Crippen LogP contribution in [0.2, 0.25) is 0 Å². The molecule has 0 bridgehead atoms. The van der Waals surface area contributed by atoms with E-state index < -0.39 is 12.1 Å². The van der Waals surface area contributed by atoms with E-state index in [2.05, 4.69) is 47.9 Å². The number of imidazole rings is 1. The van der Waals surface area contributed by atoms with E-state index in [0.29, 0.717) is 39.7 Å². The van der Waals surface area contributed by atoms with Crippen LogP contribution in [0.15, 0.2) is 58.3 Å². The number of unbranched alkanes of at least 4 members (excludes halogenated alkanes) is 1. The Bertz CT molecular complexity index is 1650. The number of nitrogens with zero attached hydrogens (tertiary/aromatic N) is 6. The molecule has 5 aromatic rings. The highest BCUT2D eigenvalue weighted by Gasteiger charge is 2.38. The number of carboxylic acid groups (broad SMARTS) is 1. The third-order valence-electron chi connectivity index (χ3n) is 5.41. The van der Waals surface area contributed by atoms with Gasteiger partial charge in [-0.2, -0.15) is 17.7 Å². The van der Waals surface area contributed by atoms with Crippen molar-refractivity contribution in [1.29, 1.82) is 0 Å². The number of aromatic amines is 1. The van der Waals surface area contributed by atoms with Crippen molar-refractivity contribution in [3.63, 3.8) is 0 Å². The van der Waals surface area contributed by atoms with Crippen molar-refractivity contribution < 1.29 is 27.8 Å². The molecule has 0 spiro atoms. The largest absolute Gasteiger partial charge is 0.490 e. The molecule has 0 aliphatic carbocycles. The van der Waals surface area contributed by atoms with E-state index in [4.69, 9.17) is 14.6 Å². The van der Waals surface area contributed by atoms with Crippen molar-refractivity contribution in [2.24, 2.45) is 0 Å². The number of hydrogen-bond acceptors (Lipinski definition) is 7. The number of aromatic nitrogens is 7. The minimum atomic E-state index is -5.08. The van der Waals surface area contributed by atoms with Crippen LogP contribution in [-0.4, -0.2) is 51.4 Å². The molecule has 4 aromatic heterocycles. The Morgan fingerprint density at radius 1 is 1.08 bits per heavy atom. The normalized spacial score (nSPS) is 11.4. The summed E-state index contributed by atoms with van der Waals surface area (Å²) in [4.78, 5) is 38.0. The average Bonchev–Trinajstić information content (AvgIpc) is 3.52. The summed E-state index contributed by atoms with van der Waals surface area (Å²) in [5.41, 5.74) is 3.55. The lowest BCUT2D eigenvalue weighted by Gasteiger charge is -2.06. The Kier molecular flexibility index (Phi) is 8.28. The second kappa shape index (κ2) is 11.6. The SMILES string of the molecule is CCCCn1c(=O)n2nc(COc3ccc(-c4ccncc4)cc3)nc2c2[nH]c(Br)nc21.O=C(O)C(F)(F)F. The molecule has 5 rings (SSSR count). The molecule has 11 nitrogen and oxygen atoms in total. The number of halogens is 4. The van der Waals surface area contributed by atoms with Gasteiger partial charge in [0, 0.05) is 18.9 Å². The van der Waals surface area contributed by atoms with E-state index in [9.17, 15) is 18.0 Å². The summed E-state index contributed by atoms with van der Waals surface area (Å²) >= 11 is 3.36. The molecule has 4 heterocycles. The van der Waals surface area contributed by atoms with E-state index >= 15 is 0 Å². The Morgan fingerprint density at radius 3 is 2.33 bits per heavy atom. The number of rotatable bonds is 7. The number of aliphatic carboxylic acids is 1. The van der Waals surface area contributed by atoms with Gasteiger partial charge in [0.2, 0.25) is 0 Å². The van der Waals surface area contributed by atoms with Crippen molar-refractivity contribution in [3.05, 3.63) is 69.8 Å². The fourth-order valence-corrected chi connectivity index (χ4v) is 3.92. The van der Waals surface area contributed by atoms with Gasteiger partial charge in [0.15, 0.2) is 21.9 Å². The zero-order chi connectivity index (χ0) is 28.2. The standard InChI is InChI=1S/C22H20BrN7O2.C2HF3O2/c1-2-3-12-29-19-18(26-21(23)27-19)20-25-17(28-30(20)22(29)31)13-32-16-6-4-14(5-7-16)15-8-10-24-11-9-15;3-2(4,5)1(6)7/h4-11H,2-3,12-13H2,1H3,(H,26,27);(H,6,7). The maximum atomic E-state index is 13.0. The van der Waals surface area contributed by atoms with Crippen LogP contribution in [-0.2, 0) is 17.9 Å². The maximum Gasteiger partial charge on any atom is 0.490 e. The average molecular weight is 608 g/mol. The van der Waals surface area contributed by atoms with E-state index in [1.54, 1.807) is 17.0 Å². The summed E-state index contributed by atoms with van der Waals surface area (Å²) in [6.45, 7) is 2.78. The Morgan fingerprint density at radius 2 is 1.72 bits per heavy atom. The minimum absolute atomic E-state index is 0.140. The van der Waals surface area contributed by atoms with Crippen LogP contribution in [0.3, 0.4) is 0 Å². The molecule has 2 N–H and O–H groups in total. The van der Waals surface area contributed by atoms with Crippen molar-refractivity contribution in [2.75, 3.05) is 0 Å².